The number of fused-ring (bicyclic) bond motifs is 2. The van der Waals surface area contributed by atoms with E-state index in [2.05, 4.69) is 80.1 Å². The number of rotatable bonds is 17. The molecule has 0 saturated heterocycles. The van der Waals surface area contributed by atoms with E-state index in [9.17, 15) is 19.2 Å². The summed E-state index contributed by atoms with van der Waals surface area (Å²) in [5.74, 6) is 2.72. The van der Waals surface area contributed by atoms with Crippen molar-refractivity contribution in [2.24, 2.45) is 7.05 Å². The van der Waals surface area contributed by atoms with Gasteiger partial charge in [0, 0.05) is 73.6 Å². The first-order valence-electron chi connectivity index (χ1n) is 24.2. The number of anilines is 10. The Balaban J connectivity index is 0.000000196. The van der Waals surface area contributed by atoms with Gasteiger partial charge in [0.15, 0.2) is 5.82 Å². The maximum Gasteiger partial charge on any atom is 0.330 e. The Labute approximate surface area is 472 Å². The Morgan fingerprint density at radius 1 is 0.704 bits per heavy atom. The van der Waals surface area contributed by atoms with E-state index in [-0.39, 0.29) is 59.2 Å². The molecule has 0 saturated carbocycles. The van der Waals surface area contributed by atoms with E-state index in [1.807, 2.05) is 0 Å². The summed E-state index contributed by atoms with van der Waals surface area (Å²) >= 11 is 13.3. The molecule has 4 aromatic heterocycles. The van der Waals surface area contributed by atoms with Gasteiger partial charge in [0.2, 0.25) is 23.7 Å². The van der Waals surface area contributed by atoms with Crippen LogP contribution in [0.25, 0.3) is 11.4 Å². The average Bonchev–Trinajstić information content (AvgIpc) is 4.16. The summed E-state index contributed by atoms with van der Waals surface area (Å²) in [6.45, 7) is 7.43. The fraction of sp³-hybridized carbons (Fsp3) is 0.170. The number of para-hydroxylation sites is 2. The molecule has 0 radical (unpaired) electrons. The third kappa shape index (κ3) is 11.8. The van der Waals surface area contributed by atoms with Gasteiger partial charge in [0.05, 0.1) is 87.9 Å². The van der Waals surface area contributed by atoms with Crippen molar-refractivity contribution in [1.82, 2.24) is 50.3 Å². The summed E-state index contributed by atoms with van der Waals surface area (Å²) in [6.07, 6.45) is 7.19. The van der Waals surface area contributed by atoms with Crippen LogP contribution in [0.3, 0.4) is 0 Å². The van der Waals surface area contributed by atoms with Crippen molar-refractivity contribution in [3.63, 3.8) is 0 Å². The third-order valence-corrected chi connectivity index (χ3v) is 13.2. The monoisotopic (exact) mass is 1140 g/mol. The van der Waals surface area contributed by atoms with Gasteiger partial charge in [-0.05, 0) is 59.0 Å². The maximum atomic E-state index is 14.1. The van der Waals surface area contributed by atoms with Crippen LogP contribution in [0.2, 0.25) is 10.0 Å². The summed E-state index contributed by atoms with van der Waals surface area (Å²) in [5.41, 5.74) is 5.56. The molecule has 26 nitrogen and oxygen atoms in total. The lowest BCUT2D eigenvalue weighted by Gasteiger charge is -2.37. The average molecular weight is 1140 g/mol. The minimum atomic E-state index is -0.450. The van der Waals surface area contributed by atoms with Crippen LogP contribution in [0, 0.1) is 0 Å². The lowest BCUT2D eigenvalue weighted by Crippen LogP contribution is -2.48. The largest absolute Gasteiger partial charge is 0.497 e. The minimum absolute atomic E-state index is 0.0651. The summed E-state index contributed by atoms with van der Waals surface area (Å²) in [4.78, 5) is 75.6. The van der Waals surface area contributed by atoms with Crippen molar-refractivity contribution in [3.8, 4) is 34.4 Å². The number of hydrogen-bond acceptors (Lipinski definition) is 18. The van der Waals surface area contributed by atoms with Gasteiger partial charge >= 0.3 is 12.1 Å². The number of tetrazole rings is 1. The van der Waals surface area contributed by atoms with Crippen LogP contribution in [-0.4, -0.2) is 110 Å². The number of amides is 6. The number of aromatic amines is 1. The first kappa shape index (κ1) is 55.4. The number of carbonyl (C=O) groups excluding carboxylic acids is 4. The van der Waals surface area contributed by atoms with Gasteiger partial charge in [-0.2, -0.15) is 15.1 Å². The Hall–Kier alpha value is -10.3. The number of benzene rings is 4. The molecule has 0 spiro atoms. The predicted molar refractivity (Wildman–Crippen MR) is 304 cm³/mol. The molecule has 10 rings (SSSR count). The Kier molecular flexibility index (Phi) is 16.5. The number of halogens is 2. The van der Waals surface area contributed by atoms with Crippen molar-refractivity contribution in [3.05, 3.63) is 144 Å². The molecule has 0 atom stereocenters. The molecule has 4 aromatic carbocycles. The Bertz CT molecular complexity index is 3680. The highest BCUT2D eigenvalue weighted by atomic mass is 35.5. The fourth-order valence-corrected chi connectivity index (χ4v) is 9.15. The molecular weight excluding hydrogens is 1090 g/mol. The van der Waals surface area contributed by atoms with Gasteiger partial charge < -0.3 is 40.2 Å². The lowest BCUT2D eigenvalue weighted by molar-refractivity contribution is -0.112. The van der Waals surface area contributed by atoms with Crippen molar-refractivity contribution in [2.45, 2.75) is 19.6 Å². The highest BCUT2D eigenvalue weighted by Crippen LogP contribution is 2.48. The molecule has 2 aliphatic rings. The molecule has 81 heavy (non-hydrogen) atoms. The third-order valence-electron chi connectivity index (χ3n) is 12.5. The standard InChI is InChI=1S/C27H24Cl2N8O4.C26H26N10O4/c1-4-21(38)32-17-7-5-6-8-18(17)33-26-30-12-15-13-36(24-22(28)19(40-2)11-20(41-3)23(24)29)27(39)37(25(15)34-26)14-16-9-10-31-35-16;1-6-22(37)28-21-9-15(24-31-32-33-35(24)3)7-8-20(21)29-25-27-13-16-14-36(26(38)34(2)23(16)30-25)17-10-18(39-4)12-19(11-17)40-5/h4-12H,1,13-14H2,2-3H3,(H,31,35)(H,32,38)(H,30,33,34);6-13H,1,14H2,2-5H3,(H,28,37)(H,27,29,30). The number of nitrogens with zero attached hydrogens (tertiary/aromatic N) is 13. The van der Waals surface area contributed by atoms with E-state index in [0.717, 1.165) is 5.56 Å². The molecule has 8 aromatic rings. The van der Waals surface area contributed by atoms with Crippen LogP contribution in [0.15, 0.2) is 117 Å². The number of hydrogen-bond donors (Lipinski definition) is 5. The van der Waals surface area contributed by atoms with Gasteiger partial charge in [0.1, 0.15) is 44.7 Å². The van der Waals surface area contributed by atoms with Crippen molar-refractivity contribution in [1.29, 1.82) is 0 Å². The molecule has 0 aliphatic carbocycles. The SMILES string of the molecule is C=CC(=O)Nc1cc(-c2nnnn2C)ccc1Nc1ncc2c(n1)N(C)C(=O)N(c1cc(OC)cc(OC)c1)C2.C=CC(=O)Nc1ccccc1Nc1ncc2c(n1)N(Cc1ccn[nH]1)C(=O)N(c1c(Cl)c(OC)cc(OC)c1Cl)C2. The van der Waals surface area contributed by atoms with Crippen LogP contribution in [0.4, 0.5) is 67.2 Å². The van der Waals surface area contributed by atoms with E-state index in [1.165, 1.54) is 45.8 Å². The highest BCUT2D eigenvalue weighted by Gasteiger charge is 2.37. The Morgan fingerprint density at radius 2 is 1.30 bits per heavy atom. The summed E-state index contributed by atoms with van der Waals surface area (Å²) in [7, 11) is 9.37. The van der Waals surface area contributed by atoms with Crippen molar-refractivity contribution in [2.75, 3.05) is 76.4 Å². The molecule has 0 unspecified atom stereocenters. The van der Waals surface area contributed by atoms with E-state index < -0.39 is 11.9 Å². The van der Waals surface area contributed by atoms with E-state index >= 15 is 0 Å². The van der Waals surface area contributed by atoms with Crippen LogP contribution in [-0.2, 0) is 36.3 Å². The first-order valence-corrected chi connectivity index (χ1v) is 24.9. The van der Waals surface area contributed by atoms with Gasteiger partial charge in [0.25, 0.3) is 0 Å². The zero-order valence-corrected chi connectivity index (χ0v) is 45.7. The minimum Gasteiger partial charge on any atom is -0.497 e. The maximum absolute atomic E-state index is 14.1. The zero-order valence-electron chi connectivity index (χ0n) is 44.2. The normalized spacial score (nSPS) is 12.5. The molecule has 6 heterocycles. The number of urea groups is 2. The van der Waals surface area contributed by atoms with Crippen LogP contribution >= 0.6 is 23.2 Å². The number of aromatic nitrogens is 10. The molecule has 0 fully saturated rings. The number of nitrogens with one attached hydrogen (secondary N) is 5. The zero-order chi connectivity index (χ0) is 57.5. The predicted octanol–water partition coefficient (Wildman–Crippen LogP) is 8.67. The number of ether oxygens (including phenoxy) is 4. The fourth-order valence-electron chi connectivity index (χ4n) is 8.45. The second kappa shape index (κ2) is 24.1. The number of H-pyrrole nitrogens is 1. The molecule has 0 bridgehead atoms. The molecule has 28 heteroatoms. The molecule has 414 valence electrons. The van der Waals surface area contributed by atoms with Crippen LogP contribution in [0.1, 0.15) is 16.8 Å². The van der Waals surface area contributed by atoms with Crippen LogP contribution in [0.5, 0.6) is 23.0 Å². The number of methoxy groups -OCH3 is 4. The Morgan fingerprint density at radius 3 is 1.88 bits per heavy atom. The quantitative estimate of drug-likeness (QED) is 0.0533. The van der Waals surface area contributed by atoms with E-state index in [1.54, 1.807) is 125 Å². The summed E-state index contributed by atoms with van der Waals surface area (Å²) in [6, 6.07) is 20.2. The van der Waals surface area contributed by atoms with Crippen molar-refractivity contribution >= 4 is 105 Å². The molecule has 2 aliphatic heterocycles. The molecular formula is C53H50Cl2N18O8. The summed E-state index contributed by atoms with van der Waals surface area (Å²) in [5, 5.41) is 30.5. The summed E-state index contributed by atoms with van der Waals surface area (Å²) < 4.78 is 23.0. The number of carbonyl (C=O) groups is 4. The van der Waals surface area contributed by atoms with Gasteiger partial charge in [-0.1, -0.05) is 48.5 Å². The molecule has 6 amide bonds. The van der Waals surface area contributed by atoms with Crippen molar-refractivity contribution < 1.29 is 38.1 Å². The smallest absolute Gasteiger partial charge is 0.330 e. The topological polar surface area (TPSA) is 290 Å². The van der Waals surface area contributed by atoms with E-state index in [4.69, 9.17) is 42.1 Å². The van der Waals surface area contributed by atoms with Gasteiger partial charge in [-0.25, -0.2) is 24.2 Å². The van der Waals surface area contributed by atoms with Gasteiger partial charge in [-0.3, -0.25) is 34.3 Å². The highest BCUT2D eigenvalue weighted by molar-refractivity contribution is 6.42. The second-order valence-electron chi connectivity index (χ2n) is 17.4. The number of aryl methyl sites for hydroxylation is 1. The van der Waals surface area contributed by atoms with Gasteiger partial charge in [-0.15, -0.1) is 5.10 Å². The van der Waals surface area contributed by atoms with E-state index in [0.29, 0.717) is 85.7 Å². The van der Waals surface area contributed by atoms with Crippen LogP contribution < -0.4 is 59.8 Å². The first-order chi connectivity index (χ1) is 39.1. The lowest BCUT2D eigenvalue weighted by atomic mass is 10.1. The second-order valence-corrected chi connectivity index (χ2v) is 18.2. The molecule has 5 N–H and O–H groups in total.